The molecule has 0 aromatic carbocycles. The number of aromatic nitrogens is 1. The van der Waals surface area contributed by atoms with Crippen LogP contribution in [0.5, 0.6) is 0 Å². The molecule has 1 rings (SSSR count). The summed E-state index contributed by atoms with van der Waals surface area (Å²) in [4.78, 5) is 15.4. The monoisotopic (exact) mass is 312 g/mol. The summed E-state index contributed by atoms with van der Waals surface area (Å²) >= 11 is 5.74. The fraction of sp³-hybridized carbons (Fsp3) is 0.467. The first-order valence-corrected chi connectivity index (χ1v) is 7.18. The molecule has 0 radical (unpaired) electrons. The number of pyridine rings is 1. The third kappa shape index (κ3) is 8.45. The van der Waals surface area contributed by atoms with Crippen LogP contribution in [-0.4, -0.2) is 41.9 Å². The average molecular weight is 313 g/mol. The van der Waals surface area contributed by atoms with E-state index in [2.05, 4.69) is 10.3 Å². The number of carbonyl (C=O) groups is 1. The fourth-order valence-electron chi connectivity index (χ4n) is 1.47. The molecule has 1 atom stereocenters. The van der Waals surface area contributed by atoms with Crippen molar-refractivity contribution in [2.75, 3.05) is 19.8 Å². The average Bonchev–Trinajstić information content (AvgIpc) is 2.42. The molecule has 6 heteroatoms. The summed E-state index contributed by atoms with van der Waals surface area (Å²) in [5.74, 6) is 0.132. The predicted octanol–water partition coefficient (Wildman–Crippen LogP) is 1.90. The second-order valence-corrected chi connectivity index (χ2v) is 5.46. The molecule has 0 bridgehead atoms. The van der Waals surface area contributed by atoms with E-state index in [-0.39, 0.29) is 19.1 Å². The van der Waals surface area contributed by atoms with Crippen LogP contribution in [0.4, 0.5) is 0 Å². The number of hydrogen-bond acceptors (Lipinski definition) is 4. The van der Waals surface area contributed by atoms with Crippen LogP contribution in [-0.2, 0) is 9.53 Å². The molecule has 0 fully saturated rings. The number of halogens is 1. The van der Waals surface area contributed by atoms with E-state index in [0.29, 0.717) is 17.7 Å². The number of hydrogen-bond donors (Lipinski definition) is 2. The van der Waals surface area contributed by atoms with Gasteiger partial charge >= 0.3 is 0 Å². The molecule has 1 aromatic heterocycles. The highest BCUT2D eigenvalue weighted by molar-refractivity contribution is 6.29. The van der Waals surface area contributed by atoms with E-state index >= 15 is 0 Å². The Morgan fingerprint density at radius 1 is 1.52 bits per heavy atom. The molecular weight excluding hydrogens is 292 g/mol. The molecule has 116 valence electrons. The first kappa shape index (κ1) is 17.6. The molecule has 1 unspecified atom stereocenters. The van der Waals surface area contributed by atoms with Crippen molar-refractivity contribution in [3.8, 4) is 0 Å². The number of rotatable bonds is 8. The second-order valence-electron chi connectivity index (χ2n) is 5.08. The lowest BCUT2D eigenvalue weighted by Crippen LogP contribution is -2.33. The number of ether oxygens (including phenoxy) is 1. The van der Waals surface area contributed by atoms with Crippen molar-refractivity contribution in [2.45, 2.75) is 20.0 Å². The Kier molecular flexibility index (Phi) is 7.97. The zero-order valence-electron chi connectivity index (χ0n) is 12.3. The molecule has 0 spiro atoms. The van der Waals surface area contributed by atoms with Crippen molar-refractivity contribution < 1.29 is 14.6 Å². The van der Waals surface area contributed by atoms with E-state index in [0.717, 1.165) is 5.56 Å². The summed E-state index contributed by atoms with van der Waals surface area (Å²) in [6.07, 6.45) is 3.87. The molecule has 2 N–H and O–H groups in total. The number of aliphatic hydroxyl groups is 1. The van der Waals surface area contributed by atoms with Crippen LogP contribution in [0.3, 0.4) is 0 Å². The van der Waals surface area contributed by atoms with Gasteiger partial charge < -0.3 is 15.2 Å². The molecule has 5 nitrogen and oxygen atoms in total. The van der Waals surface area contributed by atoms with Crippen LogP contribution >= 0.6 is 11.6 Å². The highest BCUT2D eigenvalue weighted by Gasteiger charge is 2.06. The first-order valence-electron chi connectivity index (χ1n) is 6.80. The Morgan fingerprint density at radius 3 is 2.95 bits per heavy atom. The summed E-state index contributed by atoms with van der Waals surface area (Å²) in [6.45, 7) is 5.02. The van der Waals surface area contributed by atoms with E-state index in [1.807, 2.05) is 13.8 Å². The van der Waals surface area contributed by atoms with E-state index in [4.69, 9.17) is 16.3 Å². The third-order valence-corrected chi connectivity index (χ3v) is 2.66. The zero-order chi connectivity index (χ0) is 15.7. The van der Waals surface area contributed by atoms with Gasteiger partial charge in [-0.3, -0.25) is 4.79 Å². The molecule has 1 aromatic rings. The largest absolute Gasteiger partial charge is 0.389 e. The van der Waals surface area contributed by atoms with Gasteiger partial charge in [0.25, 0.3) is 0 Å². The van der Waals surface area contributed by atoms with Gasteiger partial charge in [-0.15, -0.1) is 0 Å². The van der Waals surface area contributed by atoms with E-state index in [1.165, 1.54) is 6.08 Å². The minimum Gasteiger partial charge on any atom is -0.389 e. The minimum absolute atomic E-state index is 0.151. The number of aliphatic hydroxyl groups excluding tert-OH is 1. The van der Waals surface area contributed by atoms with Gasteiger partial charge in [0.2, 0.25) is 5.91 Å². The van der Waals surface area contributed by atoms with Gasteiger partial charge in [-0.2, -0.15) is 0 Å². The van der Waals surface area contributed by atoms with Crippen LogP contribution < -0.4 is 5.32 Å². The number of nitrogens with zero attached hydrogens (tertiary/aromatic N) is 1. The van der Waals surface area contributed by atoms with Crippen LogP contribution in [0.2, 0.25) is 5.15 Å². The van der Waals surface area contributed by atoms with Gasteiger partial charge in [-0.25, -0.2) is 4.98 Å². The topological polar surface area (TPSA) is 71.5 Å². The Morgan fingerprint density at radius 2 is 2.29 bits per heavy atom. The summed E-state index contributed by atoms with van der Waals surface area (Å²) in [7, 11) is 0. The van der Waals surface area contributed by atoms with Crippen LogP contribution in [0.1, 0.15) is 19.4 Å². The molecule has 1 heterocycles. The highest BCUT2D eigenvalue weighted by Crippen LogP contribution is 2.08. The third-order valence-electron chi connectivity index (χ3n) is 2.45. The van der Waals surface area contributed by atoms with Gasteiger partial charge in [-0.1, -0.05) is 25.4 Å². The van der Waals surface area contributed by atoms with Gasteiger partial charge in [0.05, 0.1) is 12.7 Å². The quantitative estimate of drug-likeness (QED) is 0.568. The smallest absolute Gasteiger partial charge is 0.244 e. The van der Waals surface area contributed by atoms with Crippen LogP contribution in [0.15, 0.2) is 24.4 Å². The van der Waals surface area contributed by atoms with Crippen molar-refractivity contribution in [3.63, 3.8) is 0 Å². The number of amides is 1. The normalized spacial score (nSPS) is 12.8. The maximum Gasteiger partial charge on any atom is 0.244 e. The number of nitrogens with one attached hydrogen (secondary N) is 1. The number of carbonyl (C=O) groups excluding carboxylic acids is 1. The maximum atomic E-state index is 11.6. The van der Waals surface area contributed by atoms with E-state index in [9.17, 15) is 9.90 Å². The Balaban J connectivity index is 2.27. The summed E-state index contributed by atoms with van der Waals surface area (Å²) in [6, 6.07) is 3.39. The maximum absolute atomic E-state index is 11.6. The molecule has 0 saturated carbocycles. The van der Waals surface area contributed by atoms with Crippen molar-refractivity contribution in [1.29, 1.82) is 0 Å². The highest BCUT2D eigenvalue weighted by atomic mass is 35.5. The molecule has 0 saturated heterocycles. The zero-order valence-corrected chi connectivity index (χ0v) is 13.0. The van der Waals surface area contributed by atoms with Gasteiger partial charge in [0.15, 0.2) is 0 Å². The van der Waals surface area contributed by atoms with Crippen molar-refractivity contribution in [2.24, 2.45) is 5.92 Å². The van der Waals surface area contributed by atoms with Gasteiger partial charge in [-0.05, 0) is 29.7 Å². The van der Waals surface area contributed by atoms with E-state index in [1.54, 1.807) is 24.4 Å². The van der Waals surface area contributed by atoms with Gasteiger partial charge in [0, 0.05) is 25.4 Å². The van der Waals surface area contributed by atoms with Gasteiger partial charge in [0.1, 0.15) is 5.15 Å². The molecule has 21 heavy (non-hydrogen) atoms. The molecule has 1 amide bonds. The Hall–Kier alpha value is -1.43. The molecule has 0 aliphatic heterocycles. The summed E-state index contributed by atoms with van der Waals surface area (Å²) < 4.78 is 5.29. The van der Waals surface area contributed by atoms with E-state index < -0.39 is 6.10 Å². The second kappa shape index (κ2) is 9.50. The lowest BCUT2D eigenvalue weighted by Gasteiger charge is -2.12. The molecule has 0 aliphatic carbocycles. The molecular formula is C15H21ClN2O3. The van der Waals surface area contributed by atoms with Crippen molar-refractivity contribution in [3.05, 3.63) is 35.1 Å². The Bertz CT molecular complexity index is 478. The minimum atomic E-state index is -0.712. The lowest BCUT2D eigenvalue weighted by molar-refractivity contribution is -0.117. The summed E-state index contributed by atoms with van der Waals surface area (Å²) in [5, 5.41) is 12.6. The Labute approximate surface area is 130 Å². The lowest BCUT2D eigenvalue weighted by atomic mass is 10.2. The fourth-order valence-corrected chi connectivity index (χ4v) is 1.65. The predicted molar refractivity (Wildman–Crippen MR) is 83.0 cm³/mol. The van der Waals surface area contributed by atoms with Crippen molar-refractivity contribution >= 4 is 23.6 Å². The van der Waals surface area contributed by atoms with Crippen molar-refractivity contribution in [1.82, 2.24) is 10.3 Å². The first-order chi connectivity index (χ1) is 9.97. The standard InChI is InChI=1S/C15H21ClN2O3/c1-11(2)9-21-10-13(19)8-18-15(20)4-3-12-5-6-17-14(16)7-12/h3-7,11,13,19H,8-10H2,1-2H3,(H,18,20)/b4-3+. The SMILES string of the molecule is CC(C)COCC(O)CNC(=O)/C=C/c1ccnc(Cl)c1. The molecule has 0 aliphatic rings. The van der Waals surface area contributed by atoms with Crippen LogP contribution in [0, 0.1) is 5.92 Å². The van der Waals surface area contributed by atoms with Crippen LogP contribution in [0.25, 0.3) is 6.08 Å². The summed E-state index contributed by atoms with van der Waals surface area (Å²) in [5.41, 5.74) is 0.783.